The maximum absolute atomic E-state index is 12.9. The van der Waals surface area contributed by atoms with Crippen LogP contribution in [0.4, 0.5) is 0 Å². The van der Waals surface area contributed by atoms with E-state index in [1.54, 1.807) is 14.2 Å². The number of hydrogen-bond acceptors (Lipinski definition) is 7. The zero-order valence-electron chi connectivity index (χ0n) is 19.5. The Bertz CT molecular complexity index is 501. The summed E-state index contributed by atoms with van der Waals surface area (Å²) in [6, 6.07) is 0.185. The fourth-order valence-electron chi connectivity index (χ4n) is 2.70. The molecule has 0 aromatic carbocycles. The van der Waals surface area contributed by atoms with Crippen molar-refractivity contribution in [2.45, 2.75) is 77.7 Å². The van der Waals surface area contributed by atoms with Crippen molar-refractivity contribution in [3.63, 3.8) is 0 Å². The van der Waals surface area contributed by atoms with Crippen LogP contribution in [0, 0.1) is 0 Å². The molecule has 0 heterocycles. The van der Waals surface area contributed by atoms with Gasteiger partial charge in [-0.2, -0.15) is 0 Å². The van der Waals surface area contributed by atoms with Crippen molar-refractivity contribution in [1.29, 1.82) is 0 Å². The van der Waals surface area contributed by atoms with Crippen molar-refractivity contribution in [3.8, 4) is 0 Å². The molecule has 0 saturated heterocycles. The van der Waals surface area contributed by atoms with Gasteiger partial charge >= 0.3 is 14.5 Å². The van der Waals surface area contributed by atoms with E-state index in [4.69, 9.17) is 17.7 Å². The molecule has 166 valence electrons. The molecule has 0 radical (unpaired) electrons. The minimum absolute atomic E-state index is 0.0185. The van der Waals surface area contributed by atoms with E-state index in [-0.39, 0.29) is 18.4 Å². The maximum atomic E-state index is 12.9. The highest BCUT2D eigenvalue weighted by Crippen LogP contribution is 2.18. The number of nitrogens with zero attached hydrogens (tertiary/aromatic N) is 1. The van der Waals surface area contributed by atoms with Crippen LogP contribution in [0.1, 0.15) is 19.8 Å². The third-order valence-electron chi connectivity index (χ3n) is 4.25. The first-order valence-electron chi connectivity index (χ1n) is 9.95. The lowest BCUT2D eigenvalue weighted by Crippen LogP contribution is -2.48. The van der Waals surface area contributed by atoms with E-state index in [1.807, 2.05) is 57.7 Å². The number of carbonyl (C=O) groups excluding carboxylic acids is 2. The van der Waals surface area contributed by atoms with Gasteiger partial charge in [0.2, 0.25) is 16.6 Å². The molecule has 0 rings (SSSR count). The summed E-state index contributed by atoms with van der Waals surface area (Å²) < 4.78 is 22.4. The molecule has 0 aromatic heterocycles. The van der Waals surface area contributed by atoms with Gasteiger partial charge in [-0.05, 0) is 71.4 Å². The second-order valence-electron chi connectivity index (χ2n) is 9.11. The number of rotatable bonds is 13. The zero-order chi connectivity index (χ0) is 22.2. The molecule has 0 saturated carbocycles. The van der Waals surface area contributed by atoms with E-state index in [9.17, 15) is 9.59 Å². The van der Waals surface area contributed by atoms with Gasteiger partial charge in [0, 0.05) is 14.2 Å². The lowest BCUT2D eigenvalue weighted by molar-refractivity contribution is -0.147. The van der Waals surface area contributed by atoms with Crippen LogP contribution in [0.3, 0.4) is 0 Å². The highest BCUT2D eigenvalue weighted by atomic mass is 28.4. The predicted molar refractivity (Wildman–Crippen MR) is 120 cm³/mol. The average molecular weight is 452 g/mol. The molecule has 0 aliphatic heterocycles. The third-order valence-corrected chi connectivity index (χ3v) is 8.89. The van der Waals surface area contributed by atoms with E-state index < -0.39 is 31.2 Å². The molecular weight excluding hydrogens is 410 g/mol. The SMILES string of the molecule is CCN(CCC[Si](C)(OC)OC)C(CC(=O)O[Si](C)(C)C)C(=O)O[Si](C)(C)C. The summed E-state index contributed by atoms with van der Waals surface area (Å²) in [7, 11) is -2.89. The van der Waals surface area contributed by atoms with Gasteiger partial charge in [0.25, 0.3) is 5.97 Å². The first kappa shape index (κ1) is 27.5. The molecule has 1 atom stereocenters. The molecule has 0 aliphatic carbocycles. The first-order valence-corrected chi connectivity index (χ1v) is 19.3. The normalized spacial score (nSPS) is 14.1. The van der Waals surface area contributed by atoms with Crippen LogP contribution in [0.2, 0.25) is 51.9 Å². The highest BCUT2D eigenvalue weighted by Gasteiger charge is 2.35. The molecular formula is C18H41NO6Si3. The van der Waals surface area contributed by atoms with Gasteiger partial charge in [-0.25, -0.2) is 0 Å². The molecule has 0 aliphatic rings. The van der Waals surface area contributed by atoms with Crippen LogP contribution >= 0.6 is 0 Å². The Labute approximate surface area is 174 Å². The van der Waals surface area contributed by atoms with Crippen LogP contribution in [0.5, 0.6) is 0 Å². The highest BCUT2D eigenvalue weighted by molar-refractivity contribution is 6.71. The molecule has 0 amide bonds. The molecule has 1 unspecified atom stereocenters. The Morgan fingerprint density at radius 1 is 0.893 bits per heavy atom. The Balaban J connectivity index is 5.25. The predicted octanol–water partition coefficient (Wildman–Crippen LogP) is 3.58. The van der Waals surface area contributed by atoms with E-state index in [2.05, 4.69) is 0 Å². The fourth-order valence-corrected chi connectivity index (χ4v) is 5.58. The summed E-state index contributed by atoms with van der Waals surface area (Å²) >= 11 is 0. The lowest BCUT2D eigenvalue weighted by atomic mass is 10.1. The largest absolute Gasteiger partial charge is 0.520 e. The number of hydrogen-bond donors (Lipinski definition) is 0. The summed E-state index contributed by atoms with van der Waals surface area (Å²) in [4.78, 5) is 27.3. The van der Waals surface area contributed by atoms with Gasteiger partial charge in [0.15, 0.2) is 0 Å². The molecule has 0 N–H and O–H groups in total. The molecule has 0 spiro atoms. The Kier molecular flexibility index (Phi) is 11.4. The first-order chi connectivity index (χ1) is 12.7. The van der Waals surface area contributed by atoms with Crippen molar-refractivity contribution in [3.05, 3.63) is 0 Å². The monoisotopic (exact) mass is 451 g/mol. The molecule has 7 nitrogen and oxygen atoms in total. The number of likely N-dealkylation sites (N-methyl/N-ethyl adjacent to an activating group) is 1. The minimum atomic E-state index is -2.16. The second kappa shape index (κ2) is 11.6. The summed E-state index contributed by atoms with van der Waals surface area (Å²) in [5, 5.41) is 0. The molecule has 0 bridgehead atoms. The van der Waals surface area contributed by atoms with Crippen molar-refractivity contribution in [1.82, 2.24) is 4.90 Å². The van der Waals surface area contributed by atoms with Crippen LogP contribution in [-0.4, -0.2) is 75.4 Å². The van der Waals surface area contributed by atoms with Crippen LogP contribution in [0.25, 0.3) is 0 Å². The van der Waals surface area contributed by atoms with Crippen LogP contribution in [0.15, 0.2) is 0 Å². The minimum Gasteiger partial charge on any atom is -0.520 e. The number of carbonyl (C=O) groups is 2. The van der Waals surface area contributed by atoms with Gasteiger partial charge < -0.3 is 17.7 Å². The Hall–Kier alpha value is -0.529. The third kappa shape index (κ3) is 11.5. The summed E-state index contributed by atoms with van der Waals surface area (Å²) in [6.45, 7) is 17.1. The Morgan fingerprint density at radius 3 is 1.79 bits per heavy atom. The van der Waals surface area contributed by atoms with E-state index >= 15 is 0 Å². The summed E-state index contributed by atoms with van der Waals surface area (Å²) in [5.41, 5.74) is 0. The quantitative estimate of drug-likeness (QED) is 0.396. The van der Waals surface area contributed by atoms with Gasteiger partial charge in [0.1, 0.15) is 6.04 Å². The van der Waals surface area contributed by atoms with E-state index in [0.29, 0.717) is 13.1 Å². The van der Waals surface area contributed by atoms with E-state index in [0.717, 1.165) is 12.5 Å². The standard InChI is InChI=1S/C18H41NO6Si3/c1-11-19(13-12-14-28(10,22-2)23-3)16(18(21)25-27(7,8)9)15-17(20)24-26(4,5)6/h16H,11-15H2,1-10H3. The van der Waals surface area contributed by atoms with Gasteiger partial charge in [-0.15, -0.1) is 0 Å². The van der Waals surface area contributed by atoms with Gasteiger partial charge in [-0.1, -0.05) is 6.92 Å². The van der Waals surface area contributed by atoms with Crippen molar-refractivity contribution in [2.24, 2.45) is 0 Å². The fraction of sp³-hybridized carbons (Fsp3) is 0.889. The van der Waals surface area contributed by atoms with Crippen molar-refractivity contribution < 1.29 is 27.3 Å². The Morgan fingerprint density at radius 2 is 1.39 bits per heavy atom. The maximum Gasteiger partial charge on any atom is 0.334 e. The van der Waals surface area contributed by atoms with Gasteiger partial charge in [0.05, 0.1) is 6.42 Å². The van der Waals surface area contributed by atoms with Crippen molar-refractivity contribution >= 4 is 37.1 Å². The van der Waals surface area contributed by atoms with Crippen molar-refractivity contribution in [2.75, 3.05) is 27.3 Å². The molecule has 0 aromatic rings. The zero-order valence-corrected chi connectivity index (χ0v) is 22.5. The van der Waals surface area contributed by atoms with Crippen LogP contribution < -0.4 is 0 Å². The topological polar surface area (TPSA) is 74.3 Å². The van der Waals surface area contributed by atoms with E-state index in [1.165, 1.54) is 0 Å². The smallest absolute Gasteiger partial charge is 0.334 e. The molecule has 28 heavy (non-hydrogen) atoms. The molecule has 0 fully saturated rings. The summed E-state index contributed by atoms with van der Waals surface area (Å²) in [6.07, 6.45) is 0.836. The summed E-state index contributed by atoms with van der Waals surface area (Å²) in [5.74, 6) is -0.657. The molecule has 10 heteroatoms. The van der Waals surface area contributed by atoms with Gasteiger partial charge in [-0.3, -0.25) is 14.5 Å². The second-order valence-corrected chi connectivity index (χ2v) is 21.6. The average Bonchev–Trinajstić information content (AvgIpc) is 2.53. The lowest BCUT2D eigenvalue weighted by Gasteiger charge is -2.32. The van der Waals surface area contributed by atoms with Crippen LogP contribution in [-0.2, 0) is 27.3 Å².